The molecule has 3 heterocycles. The summed E-state index contributed by atoms with van der Waals surface area (Å²) in [4.78, 5) is 30.7. The summed E-state index contributed by atoms with van der Waals surface area (Å²) in [6.07, 6.45) is 5.70. The Morgan fingerprint density at radius 3 is 2.81 bits per heavy atom. The number of likely N-dealkylation sites (tertiary alicyclic amines) is 1. The topological polar surface area (TPSA) is 80.1 Å². The number of nitrogens with one attached hydrogen (secondary N) is 1. The number of pyridine rings is 1. The van der Waals surface area contributed by atoms with Crippen LogP contribution >= 0.6 is 0 Å². The predicted octanol–water partition coefficient (Wildman–Crippen LogP) is 1.88. The number of hydrogen-bond donors (Lipinski definition) is 1. The van der Waals surface area contributed by atoms with Crippen molar-refractivity contribution < 1.29 is 9.59 Å². The van der Waals surface area contributed by atoms with Crippen LogP contribution in [0.1, 0.15) is 47.1 Å². The predicted molar refractivity (Wildman–Crippen MR) is 102 cm³/mol. The van der Waals surface area contributed by atoms with Gasteiger partial charge in [0.2, 0.25) is 5.91 Å². The lowest BCUT2D eigenvalue weighted by molar-refractivity contribution is -0.123. The number of rotatable bonds is 6. The Morgan fingerprint density at radius 1 is 1.33 bits per heavy atom. The molecule has 1 N–H and O–H groups in total. The molecule has 1 fully saturated rings. The maximum Gasteiger partial charge on any atom is 0.242 e. The SMILES string of the molecule is CC(=O)c1c(C)nn(CC(=O)N[C@H]2CCCN(Cc3cccnc3)C2)c1C. The third-order valence-corrected chi connectivity index (χ3v) is 5.03. The third kappa shape index (κ3) is 4.80. The number of Topliss-reactive ketones (excluding diaryl/α,β-unsaturated/α-hetero) is 1. The second-order valence-electron chi connectivity index (χ2n) is 7.26. The van der Waals surface area contributed by atoms with E-state index in [2.05, 4.69) is 26.4 Å². The van der Waals surface area contributed by atoms with Gasteiger partial charge >= 0.3 is 0 Å². The number of amides is 1. The molecule has 0 radical (unpaired) electrons. The van der Waals surface area contributed by atoms with Gasteiger partial charge in [-0.05, 0) is 51.8 Å². The van der Waals surface area contributed by atoms with Crippen LogP contribution in [0, 0.1) is 13.8 Å². The fraction of sp³-hybridized carbons (Fsp3) is 0.500. The van der Waals surface area contributed by atoms with Crippen molar-refractivity contribution in [2.24, 2.45) is 0 Å². The minimum atomic E-state index is -0.0658. The number of carbonyl (C=O) groups is 2. The first-order valence-electron chi connectivity index (χ1n) is 9.39. The lowest BCUT2D eigenvalue weighted by Gasteiger charge is -2.33. The van der Waals surface area contributed by atoms with E-state index >= 15 is 0 Å². The average molecular weight is 369 g/mol. The van der Waals surface area contributed by atoms with Gasteiger partial charge in [-0.15, -0.1) is 0 Å². The Hall–Kier alpha value is -2.54. The number of carbonyl (C=O) groups excluding carboxylic acids is 2. The molecular formula is C20H27N5O2. The molecule has 1 saturated heterocycles. The van der Waals surface area contributed by atoms with E-state index in [1.54, 1.807) is 17.8 Å². The van der Waals surface area contributed by atoms with Crippen molar-refractivity contribution in [3.63, 3.8) is 0 Å². The summed E-state index contributed by atoms with van der Waals surface area (Å²) >= 11 is 0. The van der Waals surface area contributed by atoms with Crippen molar-refractivity contribution in [2.45, 2.75) is 52.7 Å². The number of ketones is 1. The lowest BCUT2D eigenvalue weighted by atomic mass is 10.0. The number of piperidine rings is 1. The Balaban J connectivity index is 1.56. The lowest BCUT2D eigenvalue weighted by Crippen LogP contribution is -2.48. The van der Waals surface area contributed by atoms with E-state index in [9.17, 15) is 9.59 Å². The van der Waals surface area contributed by atoms with Crippen LogP contribution in [0.15, 0.2) is 24.5 Å². The summed E-state index contributed by atoms with van der Waals surface area (Å²) in [7, 11) is 0. The Kier molecular flexibility index (Phi) is 6.01. The first-order valence-corrected chi connectivity index (χ1v) is 9.39. The van der Waals surface area contributed by atoms with Crippen LogP contribution in [0.5, 0.6) is 0 Å². The minimum absolute atomic E-state index is 0.0185. The van der Waals surface area contributed by atoms with E-state index in [-0.39, 0.29) is 24.3 Å². The second-order valence-corrected chi connectivity index (χ2v) is 7.26. The summed E-state index contributed by atoms with van der Waals surface area (Å²) < 4.78 is 1.62. The van der Waals surface area contributed by atoms with Crippen LogP contribution in [-0.2, 0) is 17.9 Å². The van der Waals surface area contributed by atoms with E-state index in [0.717, 1.165) is 38.2 Å². The standard InChI is InChI=1S/C20H27N5O2/c1-14-20(16(3)26)15(2)25(23-14)13-19(27)22-18-7-5-9-24(12-18)11-17-6-4-8-21-10-17/h4,6,8,10,18H,5,7,9,11-13H2,1-3H3,(H,22,27)/t18-/m0/s1. The molecule has 1 amide bonds. The highest BCUT2D eigenvalue weighted by Crippen LogP contribution is 2.15. The number of nitrogens with zero attached hydrogens (tertiary/aromatic N) is 4. The maximum absolute atomic E-state index is 12.5. The molecule has 0 aliphatic carbocycles. The quantitative estimate of drug-likeness (QED) is 0.787. The smallest absolute Gasteiger partial charge is 0.242 e. The summed E-state index contributed by atoms with van der Waals surface area (Å²) in [5.74, 6) is -0.0843. The average Bonchev–Trinajstić information content (AvgIpc) is 2.89. The van der Waals surface area contributed by atoms with Crippen LogP contribution in [0.25, 0.3) is 0 Å². The van der Waals surface area contributed by atoms with E-state index in [1.165, 1.54) is 12.5 Å². The second kappa shape index (κ2) is 8.43. The molecule has 0 spiro atoms. The van der Waals surface area contributed by atoms with Crippen LogP contribution in [0.4, 0.5) is 0 Å². The highest BCUT2D eigenvalue weighted by atomic mass is 16.2. The fourth-order valence-corrected chi connectivity index (χ4v) is 3.84. The summed E-state index contributed by atoms with van der Waals surface area (Å²) in [6.45, 7) is 8.01. The highest BCUT2D eigenvalue weighted by molar-refractivity contribution is 5.96. The van der Waals surface area contributed by atoms with Gasteiger partial charge in [-0.3, -0.25) is 24.2 Å². The van der Waals surface area contributed by atoms with Gasteiger partial charge in [-0.25, -0.2) is 0 Å². The van der Waals surface area contributed by atoms with Gasteiger partial charge in [-0.1, -0.05) is 6.07 Å². The third-order valence-electron chi connectivity index (χ3n) is 5.03. The molecule has 1 aliphatic rings. The Bertz CT molecular complexity index is 815. The summed E-state index contributed by atoms with van der Waals surface area (Å²) in [5, 5.41) is 7.48. The minimum Gasteiger partial charge on any atom is -0.350 e. The zero-order valence-corrected chi connectivity index (χ0v) is 16.2. The normalized spacial score (nSPS) is 17.7. The first kappa shape index (κ1) is 19.2. The fourth-order valence-electron chi connectivity index (χ4n) is 3.84. The van der Waals surface area contributed by atoms with Gasteiger partial charge in [0.15, 0.2) is 5.78 Å². The molecule has 7 nitrogen and oxygen atoms in total. The molecule has 7 heteroatoms. The molecule has 0 bridgehead atoms. The van der Waals surface area contributed by atoms with Gasteiger partial charge < -0.3 is 5.32 Å². The van der Waals surface area contributed by atoms with Gasteiger partial charge in [0.1, 0.15) is 6.54 Å². The maximum atomic E-state index is 12.5. The van der Waals surface area contributed by atoms with Crippen LogP contribution < -0.4 is 5.32 Å². The number of aromatic nitrogens is 3. The Morgan fingerprint density at radius 2 is 2.15 bits per heavy atom. The van der Waals surface area contributed by atoms with Gasteiger partial charge in [0, 0.05) is 37.2 Å². The van der Waals surface area contributed by atoms with Gasteiger partial charge in [0.25, 0.3) is 0 Å². The molecule has 0 saturated carbocycles. The molecule has 2 aromatic rings. The summed E-state index contributed by atoms with van der Waals surface area (Å²) in [6, 6.07) is 4.15. The monoisotopic (exact) mass is 369 g/mol. The zero-order valence-electron chi connectivity index (χ0n) is 16.2. The van der Waals surface area contributed by atoms with E-state index in [1.807, 2.05) is 19.2 Å². The van der Waals surface area contributed by atoms with Crippen molar-refractivity contribution >= 4 is 11.7 Å². The van der Waals surface area contributed by atoms with E-state index in [0.29, 0.717) is 11.3 Å². The molecule has 0 aromatic carbocycles. The zero-order chi connectivity index (χ0) is 19.4. The number of hydrogen-bond acceptors (Lipinski definition) is 5. The summed E-state index contributed by atoms with van der Waals surface area (Å²) in [5.41, 5.74) is 3.22. The van der Waals surface area contributed by atoms with Gasteiger partial charge in [-0.2, -0.15) is 5.10 Å². The molecule has 3 rings (SSSR count). The van der Waals surface area contributed by atoms with E-state index in [4.69, 9.17) is 0 Å². The van der Waals surface area contributed by atoms with Gasteiger partial charge in [0.05, 0.1) is 11.3 Å². The van der Waals surface area contributed by atoms with Crippen LogP contribution in [0.3, 0.4) is 0 Å². The molecule has 0 unspecified atom stereocenters. The molecular weight excluding hydrogens is 342 g/mol. The molecule has 144 valence electrons. The van der Waals surface area contributed by atoms with Crippen molar-refractivity contribution in [3.05, 3.63) is 47.0 Å². The van der Waals surface area contributed by atoms with Crippen molar-refractivity contribution in [2.75, 3.05) is 13.1 Å². The molecule has 1 atom stereocenters. The van der Waals surface area contributed by atoms with Crippen LogP contribution in [0.2, 0.25) is 0 Å². The first-order chi connectivity index (χ1) is 12.9. The molecule has 1 aliphatic heterocycles. The van der Waals surface area contributed by atoms with E-state index < -0.39 is 0 Å². The van der Waals surface area contributed by atoms with Crippen molar-refractivity contribution in [3.8, 4) is 0 Å². The van der Waals surface area contributed by atoms with Crippen molar-refractivity contribution in [1.82, 2.24) is 25.0 Å². The Labute approximate surface area is 159 Å². The molecule has 2 aromatic heterocycles. The largest absolute Gasteiger partial charge is 0.350 e. The molecule has 27 heavy (non-hydrogen) atoms. The van der Waals surface area contributed by atoms with Crippen LogP contribution in [-0.4, -0.2) is 50.5 Å². The number of aryl methyl sites for hydroxylation is 1. The van der Waals surface area contributed by atoms with Crippen molar-refractivity contribution in [1.29, 1.82) is 0 Å². The highest BCUT2D eigenvalue weighted by Gasteiger charge is 2.23.